The average molecular weight is 258 g/mol. The first-order valence-electron chi connectivity index (χ1n) is 5.46. The Kier molecular flexibility index (Phi) is 3.35. The van der Waals surface area contributed by atoms with Crippen LogP contribution in [0, 0.1) is 5.82 Å². The minimum Gasteiger partial charge on any atom is -0.481 e. The lowest BCUT2D eigenvalue weighted by Gasteiger charge is -2.34. The summed E-state index contributed by atoms with van der Waals surface area (Å²) in [6, 6.07) is 4.28. The predicted molar refractivity (Wildman–Crippen MR) is 62.8 cm³/mol. The van der Waals surface area contributed by atoms with Crippen molar-refractivity contribution in [1.82, 2.24) is 5.32 Å². The fourth-order valence-electron chi connectivity index (χ4n) is 2.38. The number of halogens is 2. The number of carboxylic acid groups (broad SMARTS) is 1. The van der Waals surface area contributed by atoms with E-state index in [0.29, 0.717) is 25.9 Å². The van der Waals surface area contributed by atoms with Crippen molar-refractivity contribution in [3.8, 4) is 0 Å². The summed E-state index contributed by atoms with van der Waals surface area (Å²) in [5.41, 5.74) is -1.08. The average Bonchev–Trinajstić information content (AvgIpc) is 2.29. The van der Waals surface area contributed by atoms with E-state index in [9.17, 15) is 14.3 Å². The lowest BCUT2D eigenvalue weighted by molar-refractivity contribution is -0.145. The van der Waals surface area contributed by atoms with Crippen molar-refractivity contribution in [2.45, 2.75) is 18.3 Å². The highest BCUT2D eigenvalue weighted by molar-refractivity contribution is 6.31. The van der Waals surface area contributed by atoms with Gasteiger partial charge in [0.2, 0.25) is 0 Å². The third-order valence-electron chi connectivity index (χ3n) is 3.31. The number of aliphatic carboxylic acids is 1. The van der Waals surface area contributed by atoms with E-state index in [2.05, 4.69) is 5.32 Å². The van der Waals surface area contributed by atoms with Gasteiger partial charge in [0.05, 0.1) is 5.41 Å². The Morgan fingerprint density at radius 3 is 2.59 bits per heavy atom. The molecule has 0 atom stereocenters. The van der Waals surface area contributed by atoms with Crippen molar-refractivity contribution in [2.24, 2.45) is 0 Å². The maximum Gasteiger partial charge on any atom is 0.314 e. The van der Waals surface area contributed by atoms with Crippen molar-refractivity contribution in [2.75, 3.05) is 13.1 Å². The van der Waals surface area contributed by atoms with Crippen LogP contribution in [0.25, 0.3) is 0 Å². The molecule has 1 aliphatic heterocycles. The number of carboxylic acids is 1. The number of rotatable bonds is 2. The van der Waals surface area contributed by atoms with Gasteiger partial charge in [-0.3, -0.25) is 4.79 Å². The van der Waals surface area contributed by atoms with Gasteiger partial charge in [-0.15, -0.1) is 0 Å². The van der Waals surface area contributed by atoms with E-state index >= 15 is 0 Å². The van der Waals surface area contributed by atoms with Crippen molar-refractivity contribution in [3.05, 3.63) is 34.6 Å². The zero-order valence-electron chi connectivity index (χ0n) is 9.17. The third-order valence-corrected chi connectivity index (χ3v) is 3.62. The van der Waals surface area contributed by atoms with Crippen LogP contribution in [-0.2, 0) is 10.2 Å². The normalized spacial score (nSPS) is 18.9. The lowest BCUT2D eigenvalue weighted by atomic mass is 9.73. The Bertz CT molecular complexity index is 424. The molecule has 0 aliphatic carbocycles. The summed E-state index contributed by atoms with van der Waals surface area (Å²) in [6.45, 7) is 1.11. The van der Waals surface area contributed by atoms with Gasteiger partial charge in [0.25, 0.3) is 0 Å². The van der Waals surface area contributed by atoms with Gasteiger partial charge in [0.1, 0.15) is 5.82 Å². The van der Waals surface area contributed by atoms with Gasteiger partial charge < -0.3 is 10.4 Å². The molecule has 0 unspecified atom stereocenters. The van der Waals surface area contributed by atoms with Gasteiger partial charge >= 0.3 is 5.97 Å². The number of hydrogen-bond donors (Lipinski definition) is 2. The van der Waals surface area contributed by atoms with Gasteiger partial charge in [-0.2, -0.15) is 0 Å². The molecule has 0 amide bonds. The maximum atomic E-state index is 13.9. The largest absolute Gasteiger partial charge is 0.481 e. The number of nitrogens with one attached hydrogen (secondary N) is 1. The molecule has 5 heteroatoms. The fourth-order valence-corrected chi connectivity index (χ4v) is 2.72. The molecular weight excluding hydrogens is 245 g/mol. The Morgan fingerprint density at radius 1 is 1.41 bits per heavy atom. The zero-order valence-corrected chi connectivity index (χ0v) is 9.93. The summed E-state index contributed by atoms with van der Waals surface area (Å²) in [4.78, 5) is 11.5. The Hall–Kier alpha value is -1.13. The van der Waals surface area contributed by atoms with Gasteiger partial charge in [-0.1, -0.05) is 17.7 Å². The standard InChI is InChI=1S/C12H13ClFNO2/c13-8-2-1-3-9(14)10(8)12(11(16)17)4-6-15-7-5-12/h1-3,15H,4-7H2,(H,16,17). The van der Waals surface area contributed by atoms with Gasteiger partial charge in [0, 0.05) is 10.6 Å². The van der Waals surface area contributed by atoms with Crippen LogP contribution in [0.1, 0.15) is 18.4 Å². The molecule has 17 heavy (non-hydrogen) atoms. The van der Waals surface area contributed by atoms with Crippen LogP contribution in [0.5, 0.6) is 0 Å². The summed E-state index contributed by atoms with van der Waals surface area (Å²) in [7, 11) is 0. The molecule has 2 rings (SSSR count). The second-order valence-corrected chi connectivity index (χ2v) is 4.64. The number of benzene rings is 1. The molecular formula is C12H13ClFNO2. The molecule has 1 saturated heterocycles. The highest BCUT2D eigenvalue weighted by Crippen LogP contribution is 2.39. The molecule has 0 spiro atoms. The summed E-state index contributed by atoms with van der Waals surface area (Å²) in [5.74, 6) is -1.55. The predicted octanol–water partition coefficient (Wildman–Crippen LogP) is 2.18. The minimum atomic E-state index is -1.20. The molecule has 3 nitrogen and oxygen atoms in total. The Labute approximate surface area is 104 Å². The van der Waals surface area contributed by atoms with E-state index in [1.165, 1.54) is 18.2 Å². The van der Waals surface area contributed by atoms with Crippen LogP contribution in [0.4, 0.5) is 4.39 Å². The van der Waals surface area contributed by atoms with Crippen LogP contribution in [0.2, 0.25) is 5.02 Å². The van der Waals surface area contributed by atoms with E-state index < -0.39 is 17.2 Å². The van der Waals surface area contributed by atoms with Crippen molar-refractivity contribution in [3.63, 3.8) is 0 Å². The maximum absolute atomic E-state index is 13.9. The quantitative estimate of drug-likeness (QED) is 0.854. The number of hydrogen-bond acceptors (Lipinski definition) is 2. The van der Waals surface area contributed by atoms with E-state index in [4.69, 9.17) is 11.6 Å². The van der Waals surface area contributed by atoms with Crippen LogP contribution in [0.3, 0.4) is 0 Å². The van der Waals surface area contributed by atoms with Gasteiger partial charge in [-0.25, -0.2) is 4.39 Å². The first-order valence-corrected chi connectivity index (χ1v) is 5.84. The summed E-state index contributed by atoms with van der Waals surface area (Å²) < 4.78 is 13.9. The van der Waals surface area contributed by atoms with Crippen LogP contribution < -0.4 is 5.32 Å². The van der Waals surface area contributed by atoms with Crippen molar-refractivity contribution in [1.29, 1.82) is 0 Å². The molecule has 1 fully saturated rings. The summed E-state index contributed by atoms with van der Waals surface area (Å²) in [6.07, 6.45) is 0.700. The fraction of sp³-hybridized carbons (Fsp3) is 0.417. The van der Waals surface area contributed by atoms with Crippen LogP contribution in [-0.4, -0.2) is 24.2 Å². The van der Waals surface area contributed by atoms with E-state index in [0.717, 1.165) is 0 Å². The van der Waals surface area contributed by atoms with Crippen molar-refractivity contribution >= 4 is 17.6 Å². The second-order valence-electron chi connectivity index (χ2n) is 4.23. The minimum absolute atomic E-state index is 0.121. The van der Waals surface area contributed by atoms with Gasteiger partial charge in [-0.05, 0) is 38.1 Å². The monoisotopic (exact) mass is 257 g/mol. The highest BCUT2D eigenvalue weighted by atomic mass is 35.5. The first kappa shape index (κ1) is 12.3. The Morgan fingerprint density at radius 2 is 2.06 bits per heavy atom. The Balaban J connectivity index is 2.56. The van der Waals surface area contributed by atoms with Crippen LogP contribution in [0.15, 0.2) is 18.2 Å². The number of piperidine rings is 1. The molecule has 0 bridgehead atoms. The molecule has 1 aliphatic rings. The smallest absolute Gasteiger partial charge is 0.314 e. The van der Waals surface area contributed by atoms with Crippen molar-refractivity contribution < 1.29 is 14.3 Å². The molecule has 0 radical (unpaired) electrons. The van der Waals surface area contributed by atoms with E-state index in [1.54, 1.807) is 0 Å². The van der Waals surface area contributed by atoms with E-state index in [1.807, 2.05) is 0 Å². The summed E-state index contributed by atoms with van der Waals surface area (Å²) >= 11 is 5.97. The summed E-state index contributed by atoms with van der Waals surface area (Å²) in [5, 5.41) is 12.7. The molecule has 2 N–H and O–H groups in total. The van der Waals surface area contributed by atoms with Gasteiger partial charge in [0.15, 0.2) is 0 Å². The topological polar surface area (TPSA) is 49.3 Å². The molecule has 1 heterocycles. The molecule has 0 saturated carbocycles. The van der Waals surface area contributed by atoms with E-state index in [-0.39, 0.29) is 10.6 Å². The zero-order chi connectivity index (χ0) is 12.5. The molecule has 1 aromatic carbocycles. The third kappa shape index (κ3) is 2.03. The lowest BCUT2D eigenvalue weighted by Crippen LogP contribution is -2.46. The first-order chi connectivity index (χ1) is 8.08. The number of carbonyl (C=O) groups is 1. The van der Waals surface area contributed by atoms with Crippen LogP contribution >= 0.6 is 11.6 Å². The molecule has 1 aromatic rings. The second kappa shape index (κ2) is 4.63. The SMILES string of the molecule is O=C(O)C1(c2c(F)cccc2Cl)CCNCC1. The molecule has 92 valence electrons. The molecule has 0 aromatic heterocycles. The highest BCUT2D eigenvalue weighted by Gasteiger charge is 2.44.